The van der Waals surface area contributed by atoms with E-state index in [1.54, 1.807) is 31.3 Å². The van der Waals surface area contributed by atoms with Crippen LogP contribution in [0.1, 0.15) is 27.0 Å². The highest BCUT2D eigenvalue weighted by molar-refractivity contribution is 6.30. The number of nitrogens with zero attached hydrogens (tertiary/aromatic N) is 2. The quantitative estimate of drug-likeness (QED) is 0.443. The molecule has 30 heavy (non-hydrogen) atoms. The van der Waals surface area contributed by atoms with Gasteiger partial charge in [-0.3, -0.25) is 9.59 Å². The number of benzene rings is 2. The molecular formula is C24H19ClN2O3. The third-order valence-corrected chi connectivity index (χ3v) is 5.20. The minimum atomic E-state index is -0.371. The van der Waals surface area contributed by atoms with Gasteiger partial charge in [0.25, 0.3) is 0 Å². The van der Waals surface area contributed by atoms with Gasteiger partial charge in [0.15, 0.2) is 5.78 Å². The maximum absolute atomic E-state index is 13.2. The number of hydrogen-bond donors (Lipinski definition) is 0. The number of rotatable bonds is 5. The summed E-state index contributed by atoms with van der Waals surface area (Å²) in [4.78, 5) is 30.5. The first-order valence-electron chi connectivity index (χ1n) is 9.40. The number of aryl methyl sites for hydroxylation is 1. The van der Waals surface area contributed by atoms with E-state index in [1.165, 1.54) is 13.3 Å². The topological polar surface area (TPSA) is 61.2 Å². The number of fused-ring (bicyclic) bond motifs is 1. The number of carbonyl (C=O) groups excluding carboxylic acids is 1. The Balaban J connectivity index is 1.86. The van der Waals surface area contributed by atoms with Gasteiger partial charge in [-0.05, 0) is 42.8 Å². The van der Waals surface area contributed by atoms with Crippen molar-refractivity contribution in [3.8, 4) is 5.88 Å². The molecule has 2 heterocycles. The van der Waals surface area contributed by atoms with Gasteiger partial charge in [0.1, 0.15) is 0 Å². The molecule has 0 aliphatic heterocycles. The van der Waals surface area contributed by atoms with Crippen LogP contribution in [0.5, 0.6) is 5.88 Å². The summed E-state index contributed by atoms with van der Waals surface area (Å²) in [6, 6.07) is 16.5. The number of carbonyl (C=O) groups is 1. The molecule has 0 unspecified atom stereocenters. The molecule has 4 rings (SSSR count). The monoisotopic (exact) mass is 418 g/mol. The summed E-state index contributed by atoms with van der Waals surface area (Å²) < 4.78 is 7.07. The molecule has 2 aromatic carbocycles. The van der Waals surface area contributed by atoms with E-state index >= 15 is 0 Å². The van der Waals surface area contributed by atoms with Crippen LogP contribution in [0.3, 0.4) is 0 Å². The Morgan fingerprint density at radius 1 is 1.13 bits per heavy atom. The first-order valence-corrected chi connectivity index (χ1v) is 9.77. The maximum atomic E-state index is 13.2. The van der Waals surface area contributed by atoms with Crippen LogP contribution < -0.4 is 10.2 Å². The highest BCUT2D eigenvalue weighted by atomic mass is 35.5. The fourth-order valence-corrected chi connectivity index (χ4v) is 3.74. The lowest BCUT2D eigenvalue weighted by Gasteiger charge is -2.14. The van der Waals surface area contributed by atoms with Gasteiger partial charge in [-0.25, -0.2) is 4.98 Å². The molecule has 0 N–H and O–H groups in total. The molecule has 5 nitrogen and oxygen atoms in total. The molecule has 0 fully saturated rings. The number of pyridine rings is 2. The van der Waals surface area contributed by atoms with E-state index in [1.807, 2.05) is 41.0 Å². The van der Waals surface area contributed by atoms with Crippen molar-refractivity contribution < 1.29 is 9.53 Å². The molecule has 0 spiro atoms. The Bertz CT molecular complexity index is 1330. The largest absolute Gasteiger partial charge is 0.481 e. The number of aromatic nitrogens is 2. The van der Waals surface area contributed by atoms with Gasteiger partial charge in [-0.2, -0.15) is 0 Å². The second-order valence-electron chi connectivity index (χ2n) is 7.03. The molecule has 150 valence electrons. The van der Waals surface area contributed by atoms with Gasteiger partial charge in [0.2, 0.25) is 11.3 Å². The van der Waals surface area contributed by atoms with Crippen LogP contribution in [-0.2, 0) is 6.54 Å². The Hall–Kier alpha value is -3.44. The van der Waals surface area contributed by atoms with Gasteiger partial charge in [-0.1, -0.05) is 35.9 Å². The number of halogens is 1. The lowest BCUT2D eigenvalue weighted by atomic mass is 10.0. The molecule has 0 aliphatic carbocycles. The molecular weight excluding hydrogens is 400 g/mol. The third kappa shape index (κ3) is 3.72. The van der Waals surface area contributed by atoms with Crippen molar-refractivity contribution in [1.82, 2.24) is 9.55 Å². The van der Waals surface area contributed by atoms with E-state index in [4.69, 9.17) is 16.3 Å². The van der Waals surface area contributed by atoms with Crippen LogP contribution in [0.15, 0.2) is 71.8 Å². The Labute approximate surface area is 178 Å². The molecule has 4 aromatic rings. The first kappa shape index (κ1) is 19.9. The lowest BCUT2D eigenvalue weighted by Crippen LogP contribution is -2.20. The van der Waals surface area contributed by atoms with E-state index in [0.29, 0.717) is 28.4 Å². The van der Waals surface area contributed by atoms with E-state index < -0.39 is 0 Å². The molecule has 6 heteroatoms. The normalized spacial score (nSPS) is 10.9. The van der Waals surface area contributed by atoms with E-state index in [9.17, 15) is 9.59 Å². The van der Waals surface area contributed by atoms with Gasteiger partial charge >= 0.3 is 0 Å². The smallest absolute Gasteiger partial charge is 0.215 e. The maximum Gasteiger partial charge on any atom is 0.215 e. The van der Waals surface area contributed by atoms with E-state index in [2.05, 4.69) is 4.98 Å². The molecule has 0 radical (unpaired) electrons. The summed E-state index contributed by atoms with van der Waals surface area (Å²) >= 11 is 6.13. The fourth-order valence-electron chi connectivity index (χ4n) is 3.53. The summed E-state index contributed by atoms with van der Waals surface area (Å²) in [7, 11) is 1.52. The molecule has 0 saturated heterocycles. The van der Waals surface area contributed by atoms with Crippen LogP contribution in [0.4, 0.5) is 0 Å². The zero-order valence-corrected chi connectivity index (χ0v) is 17.3. The number of hydrogen-bond acceptors (Lipinski definition) is 4. The predicted molar refractivity (Wildman–Crippen MR) is 118 cm³/mol. The zero-order valence-electron chi connectivity index (χ0n) is 16.6. The van der Waals surface area contributed by atoms with Crippen molar-refractivity contribution in [2.24, 2.45) is 0 Å². The summed E-state index contributed by atoms with van der Waals surface area (Å²) in [5.41, 5.74) is 2.59. The van der Waals surface area contributed by atoms with Gasteiger partial charge in [0, 0.05) is 40.5 Å². The molecule has 2 aromatic heterocycles. The highest BCUT2D eigenvalue weighted by Gasteiger charge is 2.18. The number of methoxy groups -OCH3 is 1. The molecule has 0 saturated carbocycles. The number of ketones is 1. The zero-order chi connectivity index (χ0) is 21.3. The fraction of sp³-hybridized carbons (Fsp3) is 0.125. The second kappa shape index (κ2) is 8.13. The molecule has 0 amide bonds. The molecule has 0 aliphatic rings. The van der Waals surface area contributed by atoms with E-state index in [0.717, 1.165) is 16.6 Å². The predicted octanol–water partition coefficient (Wildman–Crippen LogP) is 4.65. The average Bonchev–Trinajstić information content (AvgIpc) is 2.75. The van der Waals surface area contributed by atoms with Crippen LogP contribution in [0.25, 0.3) is 10.9 Å². The second-order valence-corrected chi connectivity index (χ2v) is 7.46. The Morgan fingerprint density at radius 2 is 1.93 bits per heavy atom. The number of ether oxygens (including phenoxy) is 1. The Morgan fingerprint density at radius 3 is 2.67 bits per heavy atom. The van der Waals surface area contributed by atoms with E-state index in [-0.39, 0.29) is 16.8 Å². The Kier molecular flexibility index (Phi) is 5.38. The summed E-state index contributed by atoms with van der Waals surface area (Å²) in [5, 5.41) is 1.12. The van der Waals surface area contributed by atoms with Crippen molar-refractivity contribution >= 4 is 28.3 Å². The van der Waals surface area contributed by atoms with Crippen LogP contribution in [0.2, 0.25) is 5.02 Å². The van der Waals surface area contributed by atoms with Crippen molar-refractivity contribution in [2.75, 3.05) is 7.11 Å². The van der Waals surface area contributed by atoms with Crippen molar-refractivity contribution in [3.63, 3.8) is 0 Å². The van der Waals surface area contributed by atoms with Crippen molar-refractivity contribution in [1.29, 1.82) is 0 Å². The lowest BCUT2D eigenvalue weighted by molar-refractivity contribution is 0.103. The highest BCUT2D eigenvalue weighted by Crippen LogP contribution is 2.20. The number of para-hydroxylation sites is 1. The van der Waals surface area contributed by atoms with Crippen LogP contribution in [-0.4, -0.2) is 22.4 Å². The summed E-state index contributed by atoms with van der Waals surface area (Å²) in [6.45, 7) is 2.28. The first-order chi connectivity index (χ1) is 14.5. The molecule has 0 bridgehead atoms. The average molecular weight is 419 g/mol. The van der Waals surface area contributed by atoms with Gasteiger partial charge < -0.3 is 9.30 Å². The third-order valence-electron chi connectivity index (χ3n) is 4.96. The van der Waals surface area contributed by atoms with Gasteiger partial charge in [-0.15, -0.1) is 0 Å². The minimum Gasteiger partial charge on any atom is -0.481 e. The standard InChI is InChI=1S/C24H19ClN2O3/c1-15-10-17(12-26-24(15)30-2)22(28)20-14-27(13-16-6-5-7-18(25)11-16)21-9-4-3-8-19(21)23(20)29/h3-12,14H,13H2,1-2H3. The minimum absolute atomic E-state index is 0.0992. The summed E-state index contributed by atoms with van der Waals surface area (Å²) in [5.74, 6) is 0.0762. The summed E-state index contributed by atoms with van der Waals surface area (Å²) in [6.07, 6.45) is 3.05. The SMILES string of the molecule is COc1ncc(C(=O)c2cn(Cc3cccc(Cl)c3)c3ccccc3c2=O)cc1C. The van der Waals surface area contributed by atoms with Crippen molar-refractivity contribution in [3.05, 3.63) is 104 Å². The van der Waals surface area contributed by atoms with Crippen molar-refractivity contribution in [2.45, 2.75) is 13.5 Å². The molecule has 0 atom stereocenters. The van der Waals surface area contributed by atoms with Gasteiger partial charge in [0.05, 0.1) is 18.2 Å². The van der Waals surface area contributed by atoms with Crippen LogP contribution >= 0.6 is 11.6 Å². The van der Waals surface area contributed by atoms with Crippen LogP contribution in [0, 0.1) is 6.92 Å².